The third-order valence-corrected chi connectivity index (χ3v) is 4.02. The van der Waals surface area contributed by atoms with Crippen LogP contribution < -0.4 is 5.32 Å². The fourth-order valence-corrected chi connectivity index (χ4v) is 2.76. The first-order valence-corrected chi connectivity index (χ1v) is 8.12. The number of carbonyl (C=O) groups is 1. The molecule has 1 amide bonds. The van der Waals surface area contributed by atoms with Gasteiger partial charge in [0, 0.05) is 16.8 Å². The summed E-state index contributed by atoms with van der Waals surface area (Å²) < 4.78 is 39.0. The van der Waals surface area contributed by atoms with E-state index >= 15 is 0 Å². The van der Waals surface area contributed by atoms with Crippen LogP contribution in [0.25, 0.3) is 0 Å². The fraction of sp³-hybridized carbons (Fsp3) is 0.462. The van der Waals surface area contributed by atoms with Crippen molar-refractivity contribution in [1.82, 2.24) is 5.32 Å². The molecule has 1 rings (SSSR count). The Morgan fingerprint density at radius 2 is 2.05 bits per heavy atom. The molecule has 0 radical (unpaired) electrons. The van der Waals surface area contributed by atoms with E-state index in [0.717, 1.165) is 12.1 Å². The molecule has 0 bridgehead atoms. The summed E-state index contributed by atoms with van der Waals surface area (Å²) in [6, 6.07) is 3.32. The van der Waals surface area contributed by atoms with Crippen molar-refractivity contribution in [3.05, 3.63) is 33.8 Å². The van der Waals surface area contributed by atoms with Gasteiger partial charge in [-0.25, -0.2) is 0 Å². The van der Waals surface area contributed by atoms with Gasteiger partial charge in [-0.1, -0.05) is 15.9 Å². The molecule has 0 aliphatic carbocycles. The molecule has 0 heterocycles. The standard InChI is InChI=1S/C13H15BrF3NO2S/c1-12(20,7-21-2)6-18-11(19)9-4-3-8(14)5-10(9)13(15,16)17/h3-5,20H,6-7H2,1-2H3,(H,18,19). The lowest BCUT2D eigenvalue weighted by molar-refractivity contribution is -0.138. The maximum atomic E-state index is 12.9. The average molecular weight is 386 g/mol. The van der Waals surface area contributed by atoms with Gasteiger partial charge in [0.05, 0.1) is 16.7 Å². The van der Waals surface area contributed by atoms with E-state index < -0.39 is 28.8 Å². The molecule has 1 aromatic carbocycles. The molecule has 8 heteroatoms. The number of hydrogen-bond donors (Lipinski definition) is 2. The van der Waals surface area contributed by atoms with Crippen molar-refractivity contribution in [2.24, 2.45) is 0 Å². The maximum Gasteiger partial charge on any atom is 0.417 e. The van der Waals surface area contributed by atoms with Gasteiger partial charge in [0.2, 0.25) is 0 Å². The normalized spacial score (nSPS) is 14.6. The Morgan fingerprint density at radius 1 is 1.43 bits per heavy atom. The first-order chi connectivity index (χ1) is 9.57. The number of aliphatic hydroxyl groups is 1. The highest BCUT2D eigenvalue weighted by Crippen LogP contribution is 2.33. The average Bonchev–Trinajstić information content (AvgIpc) is 2.35. The third-order valence-electron chi connectivity index (χ3n) is 2.62. The lowest BCUT2D eigenvalue weighted by atomic mass is 10.1. The molecular weight excluding hydrogens is 371 g/mol. The molecule has 1 aromatic rings. The van der Waals surface area contributed by atoms with Crippen LogP contribution in [-0.2, 0) is 6.18 Å². The number of alkyl halides is 3. The Balaban J connectivity index is 2.93. The summed E-state index contributed by atoms with van der Waals surface area (Å²) in [5.74, 6) is -0.504. The SMILES string of the molecule is CSCC(C)(O)CNC(=O)c1ccc(Br)cc1C(F)(F)F. The summed E-state index contributed by atoms with van der Waals surface area (Å²) in [7, 11) is 0. The summed E-state index contributed by atoms with van der Waals surface area (Å²) in [4.78, 5) is 11.9. The van der Waals surface area contributed by atoms with Gasteiger partial charge in [0.15, 0.2) is 0 Å². The van der Waals surface area contributed by atoms with Crippen molar-refractivity contribution >= 4 is 33.6 Å². The van der Waals surface area contributed by atoms with Crippen LogP contribution in [0.15, 0.2) is 22.7 Å². The smallest absolute Gasteiger partial charge is 0.387 e. The van der Waals surface area contributed by atoms with Crippen LogP contribution in [0.5, 0.6) is 0 Å². The van der Waals surface area contributed by atoms with Crippen LogP contribution in [0, 0.1) is 0 Å². The highest BCUT2D eigenvalue weighted by atomic mass is 79.9. The number of halogens is 4. The Hall–Kier alpha value is -0.730. The van der Waals surface area contributed by atoms with Gasteiger partial charge in [-0.2, -0.15) is 24.9 Å². The van der Waals surface area contributed by atoms with Crippen LogP contribution in [0.2, 0.25) is 0 Å². The lowest BCUT2D eigenvalue weighted by Gasteiger charge is -2.23. The van der Waals surface area contributed by atoms with Crippen molar-refractivity contribution in [3.8, 4) is 0 Å². The van der Waals surface area contributed by atoms with E-state index in [1.807, 2.05) is 0 Å². The molecule has 1 unspecified atom stereocenters. The zero-order valence-electron chi connectivity index (χ0n) is 11.4. The van der Waals surface area contributed by atoms with Gasteiger partial charge >= 0.3 is 6.18 Å². The van der Waals surface area contributed by atoms with Crippen LogP contribution in [-0.4, -0.2) is 35.2 Å². The highest BCUT2D eigenvalue weighted by molar-refractivity contribution is 9.10. The first-order valence-electron chi connectivity index (χ1n) is 5.93. The van der Waals surface area contributed by atoms with Gasteiger partial charge in [0.25, 0.3) is 5.91 Å². The van der Waals surface area contributed by atoms with Crippen LogP contribution in [0.3, 0.4) is 0 Å². The van der Waals surface area contributed by atoms with Crippen molar-refractivity contribution < 1.29 is 23.1 Å². The largest absolute Gasteiger partial charge is 0.417 e. The van der Waals surface area contributed by atoms with Gasteiger partial charge in [0.1, 0.15) is 0 Å². The quantitative estimate of drug-likeness (QED) is 0.817. The number of nitrogens with one attached hydrogen (secondary N) is 1. The van der Waals surface area contributed by atoms with Crippen LogP contribution >= 0.6 is 27.7 Å². The molecule has 118 valence electrons. The summed E-state index contributed by atoms with van der Waals surface area (Å²) in [6.07, 6.45) is -2.84. The van der Waals surface area contributed by atoms with E-state index in [0.29, 0.717) is 5.75 Å². The molecule has 0 saturated carbocycles. The molecule has 0 aliphatic heterocycles. The van der Waals surface area contributed by atoms with E-state index in [4.69, 9.17) is 0 Å². The topological polar surface area (TPSA) is 49.3 Å². The number of hydrogen-bond acceptors (Lipinski definition) is 3. The molecule has 0 saturated heterocycles. The second kappa shape index (κ2) is 7.02. The molecule has 1 atom stereocenters. The Labute approximate surface area is 133 Å². The monoisotopic (exact) mass is 385 g/mol. The number of carbonyl (C=O) groups excluding carboxylic acids is 1. The molecule has 0 aliphatic rings. The minimum absolute atomic E-state index is 0.125. The second-order valence-electron chi connectivity index (χ2n) is 4.80. The summed E-state index contributed by atoms with van der Waals surface area (Å²) >= 11 is 4.33. The van der Waals surface area contributed by atoms with E-state index in [2.05, 4.69) is 21.2 Å². The summed E-state index contributed by atoms with van der Waals surface area (Å²) in [6.45, 7) is 1.38. The van der Waals surface area contributed by atoms with Crippen molar-refractivity contribution in [3.63, 3.8) is 0 Å². The molecule has 3 nitrogen and oxygen atoms in total. The van der Waals surface area contributed by atoms with Crippen molar-refractivity contribution in [1.29, 1.82) is 0 Å². The third kappa shape index (κ3) is 5.52. The summed E-state index contributed by atoms with van der Waals surface area (Å²) in [5, 5.41) is 12.3. The molecular formula is C13H15BrF3NO2S. The predicted molar refractivity (Wildman–Crippen MR) is 80.5 cm³/mol. The lowest BCUT2D eigenvalue weighted by Crippen LogP contribution is -2.42. The van der Waals surface area contributed by atoms with Crippen LogP contribution in [0.1, 0.15) is 22.8 Å². The van der Waals surface area contributed by atoms with Crippen LogP contribution in [0.4, 0.5) is 13.2 Å². The minimum Gasteiger partial charge on any atom is -0.387 e. The van der Waals surface area contributed by atoms with E-state index in [-0.39, 0.29) is 11.0 Å². The van der Waals surface area contributed by atoms with E-state index in [1.54, 1.807) is 6.26 Å². The van der Waals surface area contributed by atoms with Gasteiger partial charge in [-0.05, 0) is 31.4 Å². The Morgan fingerprint density at radius 3 is 2.57 bits per heavy atom. The first kappa shape index (κ1) is 18.3. The van der Waals surface area contributed by atoms with Crippen molar-refractivity contribution in [2.45, 2.75) is 18.7 Å². The molecule has 2 N–H and O–H groups in total. The number of benzene rings is 1. The van der Waals surface area contributed by atoms with Crippen molar-refractivity contribution in [2.75, 3.05) is 18.6 Å². The zero-order chi connectivity index (χ0) is 16.3. The molecule has 21 heavy (non-hydrogen) atoms. The number of amides is 1. The number of rotatable bonds is 5. The second-order valence-corrected chi connectivity index (χ2v) is 6.58. The Kier molecular flexibility index (Phi) is 6.12. The molecule has 0 spiro atoms. The molecule has 0 aromatic heterocycles. The zero-order valence-corrected chi connectivity index (χ0v) is 13.8. The number of thioether (sulfide) groups is 1. The van der Waals surface area contributed by atoms with Gasteiger partial charge in [-0.15, -0.1) is 0 Å². The fourth-order valence-electron chi connectivity index (χ4n) is 1.68. The van der Waals surface area contributed by atoms with Gasteiger partial charge < -0.3 is 10.4 Å². The van der Waals surface area contributed by atoms with E-state index in [9.17, 15) is 23.1 Å². The Bertz CT molecular complexity index is 521. The maximum absolute atomic E-state index is 12.9. The highest BCUT2D eigenvalue weighted by Gasteiger charge is 2.35. The van der Waals surface area contributed by atoms with Gasteiger partial charge in [-0.3, -0.25) is 4.79 Å². The molecule has 0 fully saturated rings. The predicted octanol–water partition coefficient (Wildman–Crippen LogP) is 3.31. The minimum atomic E-state index is -4.63. The summed E-state index contributed by atoms with van der Waals surface area (Å²) in [5.41, 5.74) is -2.66. The van der Waals surface area contributed by atoms with E-state index in [1.165, 1.54) is 24.8 Å².